The maximum absolute atomic E-state index is 12.1. The number of hydrogen-bond acceptors (Lipinski definition) is 4. The number of phenolic OH excluding ortho intramolecular Hbond substituents is 1. The minimum Gasteiger partial charge on any atom is -0.508 e. The predicted molar refractivity (Wildman–Crippen MR) is 124 cm³/mol. The summed E-state index contributed by atoms with van der Waals surface area (Å²) in [7, 11) is 0. The van der Waals surface area contributed by atoms with E-state index in [1.807, 2.05) is 6.92 Å². The lowest BCUT2D eigenvalue weighted by molar-refractivity contribution is 0.0954. The molecular formula is C24H33N5O2. The van der Waals surface area contributed by atoms with Crippen LogP contribution in [0.5, 0.6) is 5.75 Å². The molecule has 7 nitrogen and oxygen atoms in total. The Morgan fingerprint density at radius 1 is 1.06 bits per heavy atom. The lowest BCUT2D eigenvalue weighted by atomic mass is 10.2. The SMILES string of the molecule is CCNC(=NCC1CCCN1Cc1ccccc1)NCCNC(=O)c1ccc(O)cc1. The normalized spacial score (nSPS) is 16.8. The Labute approximate surface area is 184 Å². The molecule has 0 aliphatic carbocycles. The van der Waals surface area contributed by atoms with E-state index in [0.29, 0.717) is 24.7 Å². The molecule has 1 saturated heterocycles. The molecule has 1 heterocycles. The van der Waals surface area contributed by atoms with Gasteiger partial charge < -0.3 is 21.1 Å². The van der Waals surface area contributed by atoms with Gasteiger partial charge in [-0.05, 0) is 56.1 Å². The Morgan fingerprint density at radius 2 is 1.81 bits per heavy atom. The van der Waals surface area contributed by atoms with Crippen molar-refractivity contribution in [3.05, 3.63) is 65.7 Å². The minimum atomic E-state index is -0.161. The molecule has 0 spiro atoms. The second-order valence-electron chi connectivity index (χ2n) is 7.70. The maximum atomic E-state index is 12.1. The van der Waals surface area contributed by atoms with Crippen molar-refractivity contribution in [3.63, 3.8) is 0 Å². The molecule has 1 aliphatic heterocycles. The van der Waals surface area contributed by atoms with Crippen molar-refractivity contribution in [2.45, 2.75) is 32.4 Å². The number of aromatic hydroxyl groups is 1. The summed E-state index contributed by atoms with van der Waals surface area (Å²) in [5.41, 5.74) is 1.87. The van der Waals surface area contributed by atoms with E-state index in [-0.39, 0.29) is 11.7 Å². The van der Waals surface area contributed by atoms with Crippen molar-refractivity contribution in [1.29, 1.82) is 0 Å². The molecule has 31 heavy (non-hydrogen) atoms. The van der Waals surface area contributed by atoms with Crippen LogP contribution in [0.15, 0.2) is 59.6 Å². The fraction of sp³-hybridized carbons (Fsp3) is 0.417. The van der Waals surface area contributed by atoms with Gasteiger partial charge in [0.1, 0.15) is 5.75 Å². The second-order valence-corrected chi connectivity index (χ2v) is 7.70. The fourth-order valence-corrected chi connectivity index (χ4v) is 3.74. The van der Waals surface area contributed by atoms with Crippen molar-refractivity contribution in [3.8, 4) is 5.75 Å². The van der Waals surface area contributed by atoms with E-state index >= 15 is 0 Å². The average Bonchev–Trinajstić information content (AvgIpc) is 3.22. The molecule has 2 aromatic rings. The molecule has 1 aliphatic rings. The molecule has 1 amide bonds. The zero-order valence-electron chi connectivity index (χ0n) is 18.2. The summed E-state index contributed by atoms with van der Waals surface area (Å²) < 4.78 is 0. The first-order valence-electron chi connectivity index (χ1n) is 11.0. The average molecular weight is 424 g/mol. The number of carbonyl (C=O) groups excluding carboxylic acids is 1. The Morgan fingerprint density at radius 3 is 2.55 bits per heavy atom. The Kier molecular flexibility index (Phi) is 8.72. The highest BCUT2D eigenvalue weighted by Crippen LogP contribution is 2.20. The molecule has 0 bridgehead atoms. The van der Waals surface area contributed by atoms with Crippen molar-refractivity contribution in [1.82, 2.24) is 20.9 Å². The van der Waals surface area contributed by atoms with Gasteiger partial charge in [0.25, 0.3) is 5.91 Å². The van der Waals surface area contributed by atoms with Gasteiger partial charge in [-0.25, -0.2) is 0 Å². The summed E-state index contributed by atoms with van der Waals surface area (Å²) in [5.74, 6) is 0.758. The summed E-state index contributed by atoms with van der Waals surface area (Å²) in [4.78, 5) is 19.4. The number of phenols is 1. The predicted octanol–water partition coefficient (Wildman–Crippen LogP) is 2.34. The van der Waals surface area contributed by atoms with E-state index < -0.39 is 0 Å². The summed E-state index contributed by atoms with van der Waals surface area (Å²) in [5, 5.41) is 18.8. The van der Waals surface area contributed by atoms with Crippen LogP contribution in [0.3, 0.4) is 0 Å². The van der Waals surface area contributed by atoms with Crippen LogP contribution in [-0.2, 0) is 6.54 Å². The van der Waals surface area contributed by atoms with Gasteiger partial charge in [0, 0.05) is 37.8 Å². The topological polar surface area (TPSA) is 89.0 Å². The van der Waals surface area contributed by atoms with Gasteiger partial charge in [0.05, 0.1) is 6.54 Å². The number of guanidine groups is 1. The first-order valence-corrected chi connectivity index (χ1v) is 11.0. The molecule has 0 radical (unpaired) electrons. The van der Waals surface area contributed by atoms with Crippen LogP contribution in [0.2, 0.25) is 0 Å². The Hall–Kier alpha value is -3.06. The summed E-state index contributed by atoms with van der Waals surface area (Å²) in [6, 6.07) is 17.3. The Balaban J connectivity index is 1.44. The van der Waals surface area contributed by atoms with E-state index in [1.54, 1.807) is 12.1 Å². The van der Waals surface area contributed by atoms with Crippen LogP contribution in [-0.4, -0.2) is 60.6 Å². The number of nitrogens with zero attached hydrogens (tertiary/aromatic N) is 2. The fourth-order valence-electron chi connectivity index (χ4n) is 3.74. The van der Waals surface area contributed by atoms with Crippen molar-refractivity contribution in [2.75, 3.05) is 32.7 Å². The maximum Gasteiger partial charge on any atom is 0.251 e. The summed E-state index contributed by atoms with van der Waals surface area (Å²) in [6.07, 6.45) is 2.37. The van der Waals surface area contributed by atoms with Gasteiger partial charge in [-0.3, -0.25) is 14.7 Å². The van der Waals surface area contributed by atoms with Crippen LogP contribution >= 0.6 is 0 Å². The van der Waals surface area contributed by atoms with Crippen LogP contribution in [0.1, 0.15) is 35.7 Å². The van der Waals surface area contributed by atoms with Gasteiger partial charge in [0.2, 0.25) is 0 Å². The van der Waals surface area contributed by atoms with E-state index in [0.717, 1.165) is 32.1 Å². The molecule has 1 atom stereocenters. The number of aliphatic imine (C=N–C) groups is 1. The molecule has 0 saturated carbocycles. The van der Waals surface area contributed by atoms with Crippen molar-refractivity contribution >= 4 is 11.9 Å². The quantitative estimate of drug-likeness (QED) is 0.282. The van der Waals surface area contributed by atoms with Crippen LogP contribution in [0.4, 0.5) is 0 Å². The number of rotatable bonds is 9. The number of amides is 1. The van der Waals surface area contributed by atoms with Gasteiger partial charge >= 0.3 is 0 Å². The van der Waals surface area contributed by atoms with E-state index in [1.165, 1.54) is 30.5 Å². The van der Waals surface area contributed by atoms with Gasteiger partial charge in [-0.2, -0.15) is 0 Å². The van der Waals surface area contributed by atoms with Crippen LogP contribution in [0, 0.1) is 0 Å². The third-order valence-electron chi connectivity index (χ3n) is 5.36. The van der Waals surface area contributed by atoms with Gasteiger partial charge in [0.15, 0.2) is 5.96 Å². The highest BCUT2D eigenvalue weighted by atomic mass is 16.3. The number of hydrogen-bond donors (Lipinski definition) is 4. The Bertz CT molecular complexity index is 839. The van der Waals surface area contributed by atoms with Gasteiger partial charge in [-0.1, -0.05) is 30.3 Å². The lowest BCUT2D eigenvalue weighted by Gasteiger charge is -2.23. The number of carbonyl (C=O) groups is 1. The summed E-state index contributed by atoms with van der Waals surface area (Å²) in [6.45, 7) is 6.71. The summed E-state index contributed by atoms with van der Waals surface area (Å²) >= 11 is 0. The third kappa shape index (κ3) is 7.29. The zero-order valence-corrected chi connectivity index (χ0v) is 18.2. The van der Waals surface area contributed by atoms with Crippen molar-refractivity contribution < 1.29 is 9.90 Å². The number of benzene rings is 2. The third-order valence-corrected chi connectivity index (χ3v) is 5.36. The molecule has 166 valence electrons. The largest absolute Gasteiger partial charge is 0.508 e. The number of nitrogens with one attached hydrogen (secondary N) is 3. The molecule has 4 N–H and O–H groups in total. The molecule has 1 fully saturated rings. The minimum absolute atomic E-state index is 0.148. The van der Waals surface area contributed by atoms with E-state index in [2.05, 4.69) is 51.2 Å². The van der Waals surface area contributed by atoms with E-state index in [4.69, 9.17) is 4.99 Å². The second kappa shape index (κ2) is 12.0. The highest BCUT2D eigenvalue weighted by Gasteiger charge is 2.24. The first kappa shape index (κ1) is 22.6. The zero-order chi connectivity index (χ0) is 21.9. The van der Waals surface area contributed by atoms with E-state index in [9.17, 15) is 9.90 Å². The number of likely N-dealkylation sites (tertiary alicyclic amines) is 1. The van der Waals surface area contributed by atoms with Crippen LogP contribution in [0.25, 0.3) is 0 Å². The molecule has 2 aromatic carbocycles. The standard InChI is InChI=1S/C24H33N5O2/c1-2-25-24(27-15-14-26-23(31)20-10-12-22(30)13-11-20)28-17-21-9-6-16-29(21)18-19-7-4-3-5-8-19/h3-5,7-8,10-13,21,30H,2,6,9,14-18H2,1H3,(H,26,31)(H2,25,27,28). The molecule has 3 rings (SSSR count). The van der Waals surface area contributed by atoms with Gasteiger partial charge in [-0.15, -0.1) is 0 Å². The highest BCUT2D eigenvalue weighted by molar-refractivity contribution is 5.94. The lowest BCUT2D eigenvalue weighted by Crippen LogP contribution is -2.42. The van der Waals surface area contributed by atoms with Crippen LogP contribution < -0.4 is 16.0 Å². The first-order chi connectivity index (χ1) is 15.2. The molecular weight excluding hydrogens is 390 g/mol. The van der Waals surface area contributed by atoms with Crippen molar-refractivity contribution in [2.24, 2.45) is 4.99 Å². The smallest absolute Gasteiger partial charge is 0.251 e. The molecule has 0 aromatic heterocycles. The monoisotopic (exact) mass is 423 g/mol. The molecule has 1 unspecified atom stereocenters. The molecule has 7 heteroatoms.